The third-order valence-electron chi connectivity index (χ3n) is 3.33. The first-order valence-corrected chi connectivity index (χ1v) is 6.95. The molecule has 1 aliphatic heterocycles. The summed E-state index contributed by atoms with van der Waals surface area (Å²) in [6.45, 7) is 8.59. The Bertz CT molecular complexity index is 400. The molecule has 1 saturated heterocycles. The number of thiazole rings is 1. The van der Waals surface area contributed by atoms with Gasteiger partial charge in [0, 0.05) is 17.8 Å². The summed E-state index contributed by atoms with van der Waals surface area (Å²) < 4.78 is 0. The zero-order valence-corrected chi connectivity index (χ0v) is 11.4. The summed E-state index contributed by atoms with van der Waals surface area (Å²) in [7, 11) is 0. The van der Waals surface area contributed by atoms with E-state index in [2.05, 4.69) is 10.3 Å². The van der Waals surface area contributed by atoms with Crippen molar-refractivity contribution < 1.29 is 4.79 Å². The standard InChI is InChI=1S/C12H19N3OS/c1-4-15(12-14-8(2)7-17-12)11(16)9(3)10-5-13-6-10/h7,9-10,13H,4-6H2,1-3H3. The van der Waals surface area contributed by atoms with Crippen molar-refractivity contribution in [2.24, 2.45) is 11.8 Å². The number of carbonyl (C=O) groups excluding carboxylic acids is 1. The van der Waals surface area contributed by atoms with E-state index >= 15 is 0 Å². The van der Waals surface area contributed by atoms with Crippen LogP contribution in [-0.4, -0.2) is 30.5 Å². The molecule has 4 nitrogen and oxygen atoms in total. The smallest absolute Gasteiger partial charge is 0.231 e. The minimum atomic E-state index is 0.0837. The quantitative estimate of drug-likeness (QED) is 0.887. The van der Waals surface area contributed by atoms with Gasteiger partial charge in [0.25, 0.3) is 0 Å². The second-order valence-electron chi connectivity index (χ2n) is 4.56. The number of rotatable bonds is 4. The zero-order valence-electron chi connectivity index (χ0n) is 10.6. The average molecular weight is 253 g/mol. The van der Waals surface area contributed by atoms with Crippen LogP contribution in [0.1, 0.15) is 19.5 Å². The van der Waals surface area contributed by atoms with Gasteiger partial charge in [-0.2, -0.15) is 0 Å². The first-order chi connectivity index (χ1) is 8.13. The molecule has 1 atom stereocenters. The highest BCUT2D eigenvalue weighted by molar-refractivity contribution is 7.14. The predicted octanol–water partition coefficient (Wildman–Crippen LogP) is 1.66. The number of aryl methyl sites for hydroxylation is 1. The SMILES string of the molecule is CCN(C(=O)C(C)C1CNC1)c1nc(C)cs1. The largest absolute Gasteiger partial charge is 0.316 e. The second kappa shape index (κ2) is 5.14. The molecule has 5 heteroatoms. The first kappa shape index (κ1) is 12.5. The van der Waals surface area contributed by atoms with Crippen LogP contribution in [0.5, 0.6) is 0 Å². The monoisotopic (exact) mass is 253 g/mol. The summed E-state index contributed by atoms with van der Waals surface area (Å²) in [6.07, 6.45) is 0. The number of nitrogens with one attached hydrogen (secondary N) is 1. The Labute approximate surface area is 106 Å². The number of anilines is 1. The van der Waals surface area contributed by atoms with Gasteiger partial charge >= 0.3 is 0 Å². The van der Waals surface area contributed by atoms with Crippen molar-refractivity contribution in [3.05, 3.63) is 11.1 Å². The van der Waals surface area contributed by atoms with Gasteiger partial charge in [-0.05, 0) is 32.9 Å². The van der Waals surface area contributed by atoms with E-state index in [4.69, 9.17) is 0 Å². The fourth-order valence-electron chi connectivity index (χ4n) is 1.96. The van der Waals surface area contributed by atoms with Crippen LogP contribution >= 0.6 is 11.3 Å². The molecule has 0 radical (unpaired) electrons. The number of nitrogens with zero attached hydrogens (tertiary/aromatic N) is 2. The third kappa shape index (κ3) is 2.50. The van der Waals surface area contributed by atoms with Crippen LogP contribution in [0.2, 0.25) is 0 Å². The lowest BCUT2D eigenvalue weighted by atomic mass is 9.88. The fourth-order valence-corrected chi connectivity index (χ4v) is 2.83. The normalized spacial score (nSPS) is 17.6. The highest BCUT2D eigenvalue weighted by atomic mass is 32.1. The molecule has 1 amide bonds. The highest BCUT2D eigenvalue weighted by Gasteiger charge is 2.32. The number of carbonyl (C=O) groups is 1. The van der Waals surface area contributed by atoms with Gasteiger partial charge < -0.3 is 5.32 Å². The highest BCUT2D eigenvalue weighted by Crippen LogP contribution is 2.25. The molecule has 0 saturated carbocycles. The minimum absolute atomic E-state index is 0.0837. The fraction of sp³-hybridized carbons (Fsp3) is 0.667. The summed E-state index contributed by atoms with van der Waals surface area (Å²) in [5.41, 5.74) is 0.981. The van der Waals surface area contributed by atoms with Gasteiger partial charge in [-0.15, -0.1) is 11.3 Å². The summed E-state index contributed by atoms with van der Waals surface area (Å²) >= 11 is 1.54. The summed E-state index contributed by atoms with van der Waals surface area (Å²) in [4.78, 5) is 18.6. The molecule has 0 spiro atoms. The molecule has 1 aromatic rings. The van der Waals surface area contributed by atoms with E-state index in [0.717, 1.165) is 23.9 Å². The lowest BCUT2D eigenvalue weighted by Gasteiger charge is -2.34. The molecular weight excluding hydrogens is 234 g/mol. The van der Waals surface area contributed by atoms with Crippen molar-refractivity contribution in [1.29, 1.82) is 0 Å². The number of amides is 1. The molecule has 1 aliphatic rings. The molecule has 0 bridgehead atoms. The molecule has 0 aliphatic carbocycles. The summed E-state index contributed by atoms with van der Waals surface area (Å²) in [6, 6.07) is 0. The van der Waals surface area contributed by atoms with Crippen molar-refractivity contribution in [2.75, 3.05) is 24.5 Å². The Morgan fingerprint density at radius 1 is 1.71 bits per heavy atom. The molecule has 1 N–H and O–H groups in total. The maximum Gasteiger partial charge on any atom is 0.231 e. The Hall–Kier alpha value is -0.940. The summed E-state index contributed by atoms with van der Waals surface area (Å²) in [5.74, 6) is 0.770. The molecular formula is C12H19N3OS. The maximum absolute atomic E-state index is 12.4. The Kier molecular flexibility index (Phi) is 3.79. The molecule has 1 aromatic heterocycles. The third-order valence-corrected chi connectivity index (χ3v) is 4.31. The van der Waals surface area contributed by atoms with Gasteiger partial charge in [-0.3, -0.25) is 9.69 Å². The van der Waals surface area contributed by atoms with Crippen LogP contribution in [-0.2, 0) is 4.79 Å². The van der Waals surface area contributed by atoms with Crippen LogP contribution in [0.15, 0.2) is 5.38 Å². The van der Waals surface area contributed by atoms with Crippen molar-refractivity contribution in [2.45, 2.75) is 20.8 Å². The number of aromatic nitrogens is 1. The van der Waals surface area contributed by atoms with Gasteiger partial charge in [0.15, 0.2) is 5.13 Å². The molecule has 17 heavy (non-hydrogen) atoms. The van der Waals surface area contributed by atoms with Crippen LogP contribution in [0.4, 0.5) is 5.13 Å². The van der Waals surface area contributed by atoms with Crippen molar-refractivity contribution in [3.8, 4) is 0 Å². The van der Waals surface area contributed by atoms with E-state index in [9.17, 15) is 4.79 Å². The van der Waals surface area contributed by atoms with E-state index in [0.29, 0.717) is 12.5 Å². The minimum Gasteiger partial charge on any atom is -0.316 e. The van der Waals surface area contributed by atoms with Crippen molar-refractivity contribution in [1.82, 2.24) is 10.3 Å². The van der Waals surface area contributed by atoms with Crippen molar-refractivity contribution in [3.63, 3.8) is 0 Å². The van der Waals surface area contributed by atoms with Gasteiger partial charge in [0.2, 0.25) is 5.91 Å². The number of hydrogen-bond acceptors (Lipinski definition) is 4. The lowest BCUT2D eigenvalue weighted by molar-refractivity contribution is -0.124. The van der Waals surface area contributed by atoms with Crippen LogP contribution in [0.25, 0.3) is 0 Å². The molecule has 2 heterocycles. The number of hydrogen-bond donors (Lipinski definition) is 1. The van der Waals surface area contributed by atoms with E-state index < -0.39 is 0 Å². The first-order valence-electron chi connectivity index (χ1n) is 6.07. The Morgan fingerprint density at radius 2 is 2.41 bits per heavy atom. The van der Waals surface area contributed by atoms with Gasteiger partial charge in [-0.1, -0.05) is 6.92 Å². The Morgan fingerprint density at radius 3 is 2.82 bits per heavy atom. The second-order valence-corrected chi connectivity index (χ2v) is 5.40. The van der Waals surface area contributed by atoms with Crippen LogP contribution in [0.3, 0.4) is 0 Å². The molecule has 1 unspecified atom stereocenters. The van der Waals surface area contributed by atoms with Crippen LogP contribution in [0, 0.1) is 18.8 Å². The Balaban J connectivity index is 2.09. The van der Waals surface area contributed by atoms with Gasteiger partial charge in [0.1, 0.15) is 0 Å². The topological polar surface area (TPSA) is 45.2 Å². The van der Waals surface area contributed by atoms with Crippen LogP contribution < -0.4 is 10.2 Å². The molecule has 2 rings (SSSR count). The molecule has 94 valence electrons. The predicted molar refractivity (Wildman–Crippen MR) is 70.4 cm³/mol. The maximum atomic E-state index is 12.4. The molecule has 0 aromatic carbocycles. The zero-order chi connectivity index (χ0) is 12.4. The van der Waals surface area contributed by atoms with E-state index in [1.165, 1.54) is 0 Å². The van der Waals surface area contributed by atoms with Gasteiger partial charge in [0.05, 0.1) is 5.69 Å². The molecule has 1 fully saturated rings. The van der Waals surface area contributed by atoms with E-state index in [1.54, 1.807) is 16.2 Å². The van der Waals surface area contributed by atoms with E-state index in [1.807, 2.05) is 26.2 Å². The summed E-state index contributed by atoms with van der Waals surface area (Å²) in [5, 5.41) is 6.03. The van der Waals surface area contributed by atoms with Crippen molar-refractivity contribution >= 4 is 22.4 Å². The van der Waals surface area contributed by atoms with E-state index in [-0.39, 0.29) is 11.8 Å². The average Bonchev–Trinajstić information content (AvgIpc) is 2.63. The van der Waals surface area contributed by atoms with Gasteiger partial charge in [-0.25, -0.2) is 4.98 Å². The lowest BCUT2D eigenvalue weighted by Crippen LogP contribution is -2.50.